The summed E-state index contributed by atoms with van der Waals surface area (Å²) in [6, 6.07) is 7.65. The number of halogens is 1. The largest absolute Gasteiger partial charge is 0.326 e. The van der Waals surface area contributed by atoms with Crippen molar-refractivity contribution in [3.8, 4) is 11.5 Å². The summed E-state index contributed by atoms with van der Waals surface area (Å²) in [5, 5.41) is 9.98. The number of amides is 1. The van der Waals surface area contributed by atoms with Gasteiger partial charge in [-0.2, -0.15) is 0 Å². The highest BCUT2D eigenvalue weighted by molar-refractivity contribution is 6.29. The Bertz CT molecular complexity index is 779. The first-order chi connectivity index (χ1) is 9.70. The minimum atomic E-state index is -0.387. The number of rotatable bonds is 3. The molecule has 0 atom stereocenters. The average Bonchev–Trinajstić information content (AvgIpc) is 3.04. The fourth-order valence-electron chi connectivity index (χ4n) is 1.94. The van der Waals surface area contributed by atoms with Crippen molar-refractivity contribution in [1.82, 2.24) is 19.9 Å². The van der Waals surface area contributed by atoms with Crippen LogP contribution in [0.2, 0.25) is 0 Å². The molecule has 0 fully saturated rings. The molecule has 0 aliphatic heterocycles. The van der Waals surface area contributed by atoms with Crippen LogP contribution in [-0.2, 0) is 11.8 Å². The molecule has 0 aliphatic rings. The Hall–Kier alpha value is -2.41. The number of aromatic nitrogens is 4. The lowest BCUT2D eigenvalue weighted by molar-refractivity contribution is -0.114. The molecule has 7 nitrogen and oxygen atoms in total. The Kier molecular flexibility index (Phi) is 3.11. The van der Waals surface area contributed by atoms with E-state index in [1.807, 2.05) is 35.9 Å². The SMILES string of the molecule is Cn1c(-c2nonc2NC(=O)CCl)nc2ccccc21. The number of aryl methyl sites for hydroxylation is 1. The molecule has 0 saturated carbocycles. The zero-order valence-corrected chi connectivity index (χ0v) is 11.3. The van der Waals surface area contributed by atoms with Crippen LogP contribution in [0.15, 0.2) is 28.9 Å². The van der Waals surface area contributed by atoms with Gasteiger partial charge in [0.15, 0.2) is 11.5 Å². The zero-order valence-electron chi connectivity index (χ0n) is 10.5. The van der Waals surface area contributed by atoms with E-state index in [2.05, 4.69) is 25.2 Å². The highest BCUT2D eigenvalue weighted by Gasteiger charge is 2.20. The lowest BCUT2D eigenvalue weighted by Gasteiger charge is -2.01. The number of nitrogens with zero attached hydrogens (tertiary/aromatic N) is 4. The molecule has 8 heteroatoms. The van der Waals surface area contributed by atoms with Crippen LogP contribution in [0.3, 0.4) is 0 Å². The highest BCUT2D eigenvalue weighted by atomic mass is 35.5. The molecule has 3 aromatic rings. The predicted octanol–water partition coefficient (Wildman–Crippen LogP) is 1.80. The molecule has 2 heterocycles. The van der Waals surface area contributed by atoms with Gasteiger partial charge in [-0.05, 0) is 22.4 Å². The third kappa shape index (κ3) is 2.01. The van der Waals surface area contributed by atoms with Crippen LogP contribution in [0.25, 0.3) is 22.6 Å². The topological polar surface area (TPSA) is 85.8 Å². The number of hydrogen-bond donors (Lipinski definition) is 1. The van der Waals surface area contributed by atoms with Gasteiger partial charge in [0.05, 0.1) is 11.0 Å². The van der Waals surface area contributed by atoms with E-state index >= 15 is 0 Å². The van der Waals surface area contributed by atoms with Crippen molar-refractivity contribution < 1.29 is 9.42 Å². The Morgan fingerprint density at radius 3 is 2.95 bits per heavy atom. The lowest BCUT2D eigenvalue weighted by Crippen LogP contribution is -2.13. The summed E-state index contributed by atoms with van der Waals surface area (Å²) in [6.07, 6.45) is 0. The van der Waals surface area contributed by atoms with Gasteiger partial charge in [0, 0.05) is 7.05 Å². The van der Waals surface area contributed by atoms with Crippen molar-refractivity contribution in [2.45, 2.75) is 0 Å². The van der Waals surface area contributed by atoms with Gasteiger partial charge >= 0.3 is 0 Å². The number of para-hydroxylation sites is 2. The zero-order chi connectivity index (χ0) is 14.1. The molecule has 1 amide bonds. The molecular weight excluding hydrogens is 282 g/mol. The van der Waals surface area contributed by atoms with Crippen LogP contribution in [0, 0.1) is 0 Å². The van der Waals surface area contributed by atoms with Gasteiger partial charge in [-0.15, -0.1) is 11.6 Å². The lowest BCUT2D eigenvalue weighted by atomic mass is 10.3. The van der Waals surface area contributed by atoms with Gasteiger partial charge in [0.1, 0.15) is 5.88 Å². The molecule has 0 unspecified atom stereocenters. The molecular formula is C12H10ClN5O2. The Morgan fingerprint density at radius 2 is 2.20 bits per heavy atom. The van der Waals surface area contributed by atoms with Crippen LogP contribution in [-0.4, -0.2) is 31.7 Å². The third-order valence-electron chi connectivity index (χ3n) is 2.87. The number of imidazole rings is 1. The van der Waals surface area contributed by atoms with Gasteiger partial charge < -0.3 is 9.88 Å². The monoisotopic (exact) mass is 291 g/mol. The number of anilines is 1. The molecule has 2 aromatic heterocycles. The second-order valence-corrected chi connectivity index (χ2v) is 4.39. The van der Waals surface area contributed by atoms with E-state index in [0.717, 1.165) is 11.0 Å². The Labute approximate surface area is 118 Å². The van der Waals surface area contributed by atoms with Crippen molar-refractivity contribution >= 4 is 34.4 Å². The maximum absolute atomic E-state index is 11.3. The first-order valence-electron chi connectivity index (χ1n) is 5.81. The number of nitrogens with one attached hydrogen (secondary N) is 1. The van der Waals surface area contributed by atoms with Gasteiger partial charge in [-0.25, -0.2) is 9.61 Å². The van der Waals surface area contributed by atoms with E-state index in [-0.39, 0.29) is 17.6 Å². The summed E-state index contributed by atoms with van der Waals surface area (Å²) >= 11 is 5.45. The maximum atomic E-state index is 11.3. The number of alkyl halides is 1. The summed E-state index contributed by atoms with van der Waals surface area (Å²) in [5.74, 6) is 0.197. The van der Waals surface area contributed by atoms with Crippen molar-refractivity contribution in [3.05, 3.63) is 24.3 Å². The number of fused-ring (bicyclic) bond motifs is 1. The molecule has 0 radical (unpaired) electrons. The molecule has 0 saturated heterocycles. The summed E-state index contributed by atoms with van der Waals surface area (Å²) in [4.78, 5) is 15.8. The van der Waals surface area contributed by atoms with E-state index in [1.165, 1.54) is 0 Å². The average molecular weight is 292 g/mol. The van der Waals surface area contributed by atoms with Crippen molar-refractivity contribution in [2.24, 2.45) is 7.05 Å². The van der Waals surface area contributed by atoms with Gasteiger partial charge in [-0.1, -0.05) is 12.1 Å². The first kappa shape index (κ1) is 12.6. The smallest absolute Gasteiger partial charge is 0.240 e. The number of carbonyl (C=O) groups excluding carboxylic acids is 1. The molecule has 1 aromatic carbocycles. The van der Waals surface area contributed by atoms with E-state index in [1.54, 1.807) is 0 Å². The Morgan fingerprint density at radius 1 is 1.40 bits per heavy atom. The quantitative estimate of drug-likeness (QED) is 0.744. The normalized spacial score (nSPS) is 10.9. The Balaban J connectivity index is 2.10. The molecule has 3 rings (SSSR count). The van der Waals surface area contributed by atoms with Crippen LogP contribution in [0.4, 0.5) is 5.82 Å². The fraction of sp³-hybridized carbons (Fsp3) is 0.167. The van der Waals surface area contributed by atoms with E-state index in [9.17, 15) is 4.79 Å². The predicted molar refractivity (Wildman–Crippen MR) is 73.4 cm³/mol. The second kappa shape index (κ2) is 4.93. The van der Waals surface area contributed by atoms with Gasteiger partial charge in [-0.3, -0.25) is 4.79 Å². The third-order valence-corrected chi connectivity index (χ3v) is 3.11. The second-order valence-electron chi connectivity index (χ2n) is 4.13. The van der Waals surface area contributed by atoms with Crippen LogP contribution >= 0.6 is 11.6 Å². The minimum absolute atomic E-state index is 0.172. The number of hydrogen-bond acceptors (Lipinski definition) is 5. The number of carbonyl (C=O) groups is 1. The van der Waals surface area contributed by atoms with Crippen molar-refractivity contribution in [3.63, 3.8) is 0 Å². The molecule has 1 N–H and O–H groups in total. The molecule has 102 valence electrons. The summed E-state index contributed by atoms with van der Waals surface area (Å²) in [5.41, 5.74) is 2.13. The standard InChI is InChI=1S/C12H10ClN5O2/c1-18-8-5-3-2-4-7(8)14-12(18)10-11(17-20-16-10)15-9(19)6-13/h2-5H,6H2,1H3,(H,15,17,19). The summed E-state index contributed by atoms with van der Waals surface area (Å²) < 4.78 is 6.54. The van der Waals surface area contributed by atoms with Crippen molar-refractivity contribution in [1.29, 1.82) is 0 Å². The van der Waals surface area contributed by atoms with Gasteiger partial charge in [0.2, 0.25) is 11.7 Å². The molecule has 0 aliphatic carbocycles. The number of benzene rings is 1. The highest BCUT2D eigenvalue weighted by Crippen LogP contribution is 2.26. The molecule has 20 heavy (non-hydrogen) atoms. The van der Waals surface area contributed by atoms with Crippen LogP contribution in [0.5, 0.6) is 0 Å². The van der Waals surface area contributed by atoms with Crippen LogP contribution < -0.4 is 5.32 Å². The minimum Gasteiger partial charge on any atom is -0.326 e. The van der Waals surface area contributed by atoms with E-state index in [4.69, 9.17) is 11.6 Å². The summed E-state index contributed by atoms with van der Waals surface area (Å²) in [7, 11) is 1.85. The fourth-order valence-corrected chi connectivity index (χ4v) is 2.01. The van der Waals surface area contributed by atoms with Gasteiger partial charge in [0.25, 0.3) is 0 Å². The molecule has 0 bridgehead atoms. The van der Waals surface area contributed by atoms with E-state index in [0.29, 0.717) is 11.5 Å². The van der Waals surface area contributed by atoms with Crippen LogP contribution in [0.1, 0.15) is 0 Å². The first-order valence-corrected chi connectivity index (χ1v) is 6.34. The molecule has 0 spiro atoms. The maximum Gasteiger partial charge on any atom is 0.240 e. The van der Waals surface area contributed by atoms with E-state index < -0.39 is 0 Å². The summed E-state index contributed by atoms with van der Waals surface area (Å²) in [6.45, 7) is 0. The van der Waals surface area contributed by atoms with Crippen molar-refractivity contribution in [2.75, 3.05) is 11.2 Å².